The lowest BCUT2D eigenvalue weighted by Gasteiger charge is -1.98. The third-order valence-corrected chi connectivity index (χ3v) is 5.41. The van der Waals surface area contributed by atoms with Crippen LogP contribution in [-0.4, -0.2) is 0 Å². The molecule has 0 aliphatic heterocycles. The molecular weight excluding hydrogens is 354 g/mol. The summed E-state index contributed by atoms with van der Waals surface area (Å²) in [5.74, 6) is 0. The number of benzene rings is 4. The van der Waals surface area contributed by atoms with Gasteiger partial charge >= 0.3 is 0 Å². The van der Waals surface area contributed by atoms with Gasteiger partial charge in [-0.2, -0.15) is 0 Å². The fourth-order valence-electron chi connectivity index (χ4n) is 4.16. The van der Waals surface area contributed by atoms with Crippen molar-refractivity contribution in [2.75, 3.05) is 0 Å². The lowest BCUT2D eigenvalue weighted by atomic mass is 10.1. The highest BCUT2D eigenvalue weighted by molar-refractivity contribution is 5.77. The second-order valence-corrected chi connectivity index (χ2v) is 7.07. The van der Waals surface area contributed by atoms with Gasteiger partial charge in [0.2, 0.25) is 0 Å². The van der Waals surface area contributed by atoms with Crippen molar-refractivity contribution in [3.63, 3.8) is 0 Å². The lowest BCUT2D eigenvalue weighted by Crippen LogP contribution is -1.77. The van der Waals surface area contributed by atoms with Crippen LogP contribution in [0, 0.1) is 0 Å². The zero-order valence-electron chi connectivity index (χ0n) is 16.0. The predicted molar refractivity (Wildman–Crippen MR) is 119 cm³/mol. The standard InChI is InChI=1S/2C13H10.N3/c2*1-3-7-12-10(5-1)9-11-6-2-4-8-13(11)12;1-3-2/h2*1-8H,9H2;/q;;-1. The van der Waals surface area contributed by atoms with Crippen molar-refractivity contribution in [2.24, 2.45) is 0 Å². The van der Waals surface area contributed by atoms with Crippen molar-refractivity contribution in [3.8, 4) is 22.3 Å². The number of hydrogen-bond donors (Lipinski definition) is 0. The molecule has 4 aromatic carbocycles. The average Bonchev–Trinajstić information content (AvgIpc) is 3.33. The molecule has 140 valence electrons. The first kappa shape index (κ1) is 18.5. The van der Waals surface area contributed by atoms with E-state index in [0.717, 1.165) is 12.8 Å². The van der Waals surface area contributed by atoms with Gasteiger partial charge in [-0.3, -0.25) is 4.91 Å². The molecule has 2 aliphatic rings. The van der Waals surface area contributed by atoms with Crippen LogP contribution in [0.1, 0.15) is 22.3 Å². The molecule has 0 aromatic heterocycles. The third-order valence-electron chi connectivity index (χ3n) is 5.41. The van der Waals surface area contributed by atoms with Crippen molar-refractivity contribution in [1.29, 1.82) is 0 Å². The third kappa shape index (κ3) is 3.77. The molecule has 3 nitrogen and oxygen atoms in total. The molecule has 6 rings (SSSR count). The van der Waals surface area contributed by atoms with Crippen LogP contribution in [0.3, 0.4) is 0 Å². The molecule has 0 bridgehead atoms. The summed E-state index contributed by atoms with van der Waals surface area (Å²) in [7, 11) is 0. The summed E-state index contributed by atoms with van der Waals surface area (Å²) in [6, 6.07) is 34.6. The Morgan fingerprint density at radius 3 is 0.862 bits per heavy atom. The Bertz CT molecular complexity index is 1010. The van der Waals surface area contributed by atoms with Gasteiger partial charge in [-0.25, -0.2) is 0 Å². The number of fused-ring (bicyclic) bond motifs is 6. The van der Waals surface area contributed by atoms with Crippen LogP contribution in [0.4, 0.5) is 0 Å². The van der Waals surface area contributed by atoms with Crippen LogP contribution in [-0.2, 0) is 12.8 Å². The van der Waals surface area contributed by atoms with Gasteiger partial charge in [0, 0.05) is 0 Å². The first-order valence-corrected chi connectivity index (χ1v) is 9.62. The largest absolute Gasteiger partial charge is 0.373 e. The van der Waals surface area contributed by atoms with Gasteiger partial charge in [0.1, 0.15) is 0 Å². The van der Waals surface area contributed by atoms with E-state index in [2.05, 4.69) is 97.1 Å². The molecule has 0 fully saturated rings. The Hall–Kier alpha value is -3.81. The Balaban J connectivity index is 0.000000125. The normalized spacial score (nSPS) is 11.3. The molecule has 0 heterocycles. The molecule has 0 saturated carbocycles. The number of hydrogen-bond acceptors (Lipinski definition) is 0. The van der Waals surface area contributed by atoms with E-state index in [1.165, 1.54) is 49.4 Å². The van der Waals surface area contributed by atoms with Crippen molar-refractivity contribution >= 4 is 0 Å². The second-order valence-electron chi connectivity index (χ2n) is 7.07. The van der Waals surface area contributed by atoms with Gasteiger partial charge in [-0.1, -0.05) is 97.1 Å². The smallest absolute Gasteiger partial charge is 0.00135 e. The minimum Gasteiger partial charge on any atom is -0.373 e. The van der Waals surface area contributed by atoms with Crippen molar-refractivity contribution < 1.29 is 0 Å². The van der Waals surface area contributed by atoms with E-state index >= 15 is 0 Å². The van der Waals surface area contributed by atoms with Gasteiger partial charge in [-0.05, 0) is 57.3 Å². The zero-order valence-corrected chi connectivity index (χ0v) is 16.0. The highest BCUT2D eigenvalue weighted by Crippen LogP contribution is 2.36. The summed E-state index contributed by atoms with van der Waals surface area (Å²) in [6.45, 7) is 0. The summed E-state index contributed by atoms with van der Waals surface area (Å²) < 4.78 is 0. The van der Waals surface area contributed by atoms with Gasteiger partial charge in [-0.15, -0.1) is 0 Å². The highest BCUT2D eigenvalue weighted by Gasteiger charge is 2.16. The van der Waals surface area contributed by atoms with Gasteiger partial charge in [0.15, 0.2) is 0 Å². The Kier molecular flexibility index (Phi) is 5.42. The van der Waals surface area contributed by atoms with Gasteiger partial charge in [0.25, 0.3) is 0 Å². The first-order chi connectivity index (χ1) is 14.3. The molecule has 0 atom stereocenters. The number of rotatable bonds is 0. The summed E-state index contributed by atoms with van der Waals surface area (Å²) in [5, 5.41) is 0. The molecule has 0 spiro atoms. The fourth-order valence-corrected chi connectivity index (χ4v) is 4.16. The van der Waals surface area contributed by atoms with Crippen molar-refractivity contribution in [3.05, 3.63) is 135 Å². The lowest BCUT2D eigenvalue weighted by molar-refractivity contribution is 1.26. The van der Waals surface area contributed by atoms with Crippen LogP contribution in [0.25, 0.3) is 38.2 Å². The van der Waals surface area contributed by atoms with Crippen LogP contribution in [0.5, 0.6) is 0 Å². The van der Waals surface area contributed by atoms with Gasteiger partial charge in [0.05, 0.1) is 0 Å². The molecule has 0 N–H and O–H groups in total. The van der Waals surface area contributed by atoms with Crippen molar-refractivity contribution in [2.45, 2.75) is 12.8 Å². The molecule has 4 aromatic rings. The molecular formula is C26H20N3-. The molecule has 0 saturated heterocycles. The Morgan fingerprint density at radius 2 is 0.621 bits per heavy atom. The monoisotopic (exact) mass is 374 g/mol. The maximum absolute atomic E-state index is 6.75. The summed E-state index contributed by atoms with van der Waals surface area (Å²) >= 11 is 0. The summed E-state index contributed by atoms with van der Waals surface area (Å²) in [5.41, 5.74) is 25.0. The molecule has 0 radical (unpaired) electrons. The zero-order chi connectivity index (χ0) is 20.1. The Morgan fingerprint density at radius 1 is 0.414 bits per heavy atom. The Labute approximate surface area is 170 Å². The first-order valence-electron chi connectivity index (χ1n) is 9.62. The molecule has 2 aliphatic carbocycles. The minimum atomic E-state index is 1.10. The van der Waals surface area contributed by atoms with E-state index in [0.29, 0.717) is 0 Å². The summed E-state index contributed by atoms with van der Waals surface area (Å²) in [4.78, 5) is 1.50. The maximum Gasteiger partial charge on any atom is -0.00135 e. The predicted octanol–water partition coefficient (Wildman–Crippen LogP) is 7.38. The van der Waals surface area contributed by atoms with E-state index in [9.17, 15) is 0 Å². The van der Waals surface area contributed by atoms with Crippen LogP contribution < -0.4 is 0 Å². The molecule has 0 unspecified atom stereocenters. The quantitative estimate of drug-likeness (QED) is 0.151. The van der Waals surface area contributed by atoms with E-state index in [4.69, 9.17) is 11.1 Å². The van der Waals surface area contributed by atoms with Crippen LogP contribution in [0.2, 0.25) is 0 Å². The fraction of sp³-hybridized carbons (Fsp3) is 0.0769. The highest BCUT2D eigenvalue weighted by atomic mass is 15.0. The van der Waals surface area contributed by atoms with Crippen LogP contribution in [0.15, 0.2) is 97.1 Å². The van der Waals surface area contributed by atoms with E-state index in [-0.39, 0.29) is 0 Å². The van der Waals surface area contributed by atoms with Crippen LogP contribution >= 0.6 is 0 Å². The van der Waals surface area contributed by atoms with Gasteiger partial charge < -0.3 is 11.1 Å². The molecule has 0 amide bonds. The minimum absolute atomic E-state index is 1.10. The second kappa shape index (κ2) is 8.47. The SMILES string of the molecule is [N-]=[N+]=[N-].c1ccc2c(c1)Cc1ccccc1-2.c1ccc2c(c1)Cc1ccccc1-2. The molecule has 3 heteroatoms. The number of nitrogens with zero attached hydrogens (tertiary/aromatic N) is 3. The van der Waals surface area contributed by atoms with E-state index < -0.39 is 0 Å². The van der Waals surface area contributed by atoms with Crippen molar-refractivity contribution in [1.82, 2.24) is 0 Å². The summed E-state index contributed by atoms with van der Waals surface area (Å²) in [6.07, 6.45) is 2.21. The van der Waals surface area contributed by atoms with E-state index in [1.807, 2.05) is 0 Å². The maximum atomic E-state index is 6.75. The topological polar surface area (TPSA) is 58.7 Å². The van der Waals surface area contributed by atoms with E-state index in [1.54, 1.807) is 0 Å². The molecule has 29 heavy (non-hydrogen) atoms. The average molecular weight is 374 g/mol.